The van der Waals surface area contributed by atoms with Crippen molar-refractivity contribution in [1.29, 1.82) is 0 Å². The van der Waals surface area contributed by atoms with Crippen LogP contribution in [0, 0.1) is 4.77 Å². The Hall–Kier alpha value is -1.27. The molecule has 0 aliphatic carbocycles. The van der Waals surface area contributed by atoms with Crippen molar-refractivity contribution in [1.82, 2.24) is 15.4 Å². The van der Waals surface area contributed by atoms with Crippen LogP contribution in [-0.2, 0) is 9.63 Å². The third-order valence-corrected chi connectivity index (χ3v) is 2.00. The molecule has 6 heteroatoms. The van der Waals surface area contributed by atoms with E-state index in [0.717, 1.165) is 5.56 Å². The second-order valence-corrected chi connectivity index (χ2v) is 3.09. The summed E-state index contributed by atoms with van der Waals surface area (Å²) in [5.41, 5.74) is 3.46. The molecule has 0 aromatic carbocycles. The number of aromatic amines is 1. The molecule has 1 aliphatic heterocycles. The maximum Gasteiger partial charge on any atom is 0.326 e. The first-order chi connectivity index (χ1) is 6.25. The molecule has 1 aromatic rings. The number of hydrogen-bond donors (Lipinski definition) is 2. The maximum absolute atomic E-state index is 10.8. The van der Waals surface area contributed by atoms with Gasteiger partial charge >= 0.3 is 5.97 Å². The lowest BCUT2D eigenvalue weighted by atomic mass is 10.1. The monoisotopic (exact) mass is 197 g/mol. The largest absolute Gasteiger partial charge is 0.370 e. The summed E-state index contributed by atoms with van der Waals surface area (Å²) in [4.78, 5) is 22.0. The van der Waals surface area contributed by atoms with Crippen molar-refractivity contribution in [2.45, 2.75) is 12.5 Å². The predicted molar refractivity (Wildman–Crippen MR) is 46.0 cm³/mol. The minimum atomic E-state index is -0.257. The first-order valence-corrected chi connectivity index (χ1v) is 4.16. The van der Waals surface area contributed by atoms with Crippen LogP contribution >= 0.6 is 12.2 Å². The molecule has 1 saturated heterocycles. The number of carbonyl (C=O) groups excluding carboxylic acids is 1. The summed E-state index contributed by atoms with van der Waals surface area (Å²) >= 11 is 4.78. The zero-order valence-electron chi connectivity index (χ0n) is 6.61. The molecule has 0 radical (unpaired) electrons. The number of hydrogen-bond acceptors (Lipinski definition) is 5. The standard InChI is InChI=1S/C7H7N3O2S/c11-6-1-5(10-12-6)4-2-8-7(13)9-3-4/h2-3,5,10H,1H2,(H,8,9,13). The van der Waals surface area contributed by atoms with E-state index in [1.54, 1.807) is 12.4 Å². The molecular weight excluding hydrogens is 190 g/mol. The zero-order valence-corrected chi connectivity index (χ0v) is 7.43. The summed E-state index contributed by atoms with van der Waals surface area (Å²) in [7, 11) is 0. The number of H-pyrrole nitrogens is 1. The van der Waals surface area contributed by atoms with E-state index >= 15 is 0 Å². The Morgan fingerprint density at radius 3 is 3.08 bits per heavy atom. The lowest BCUT2D eigenvalue weighted by Gasteiger charge is -2.04. The molecule has 2 rings (SSSR count). The number of carbonyl (C=O) groups is 1. The molecule has 0 saturated carbocycles. The third kappa shape index (κ3) is 1.73. The van der Waals surface area contributed by atoms with E-state index < -0.39 is 0 Å². The highest BCUT2D eigenvalue weighted by Gasteiger charge is 2.25. The molecule has 5 nitrogen and oxygen atoms in total. The normalized spacial score (nSPS) is 21.5. The summed E-state index contributed by atoms with van der Waals surface area (Å²) in [6.07, 6.45) is 3.67. The van der Waals surface area contributed by atoms with Crippen LogP contribution in [0.4, 0.5) is 0 Å². The van der Waals surface area contributed by atoms with Crippen molar-refractivity contribution in [3.8, 4) is 0 Å². The fraction of sp³-hybridized carbons (Fsp3) is 0.286. The number of hydroxylamine groups is 1. The Morgan fingerprint density at radius 2 is 2.54 bits per heavy atom. The molecule has 13 heavy (non-hydrogen) atoms. The minimum absolute atomic E-state index is 0.119. The van der Waals surface area contributed by atoms with Crippen LogP contribution in [0.15, 0.2) is 12.4 Å². The van der Waals surface area contributed by atoms with Crippen LogP contribution in [0.1, 0.15) is 18.0 Å². The quantitative estimate of drug-likeness (QED) is 0.646. The molecule has 1 aliphatic rings. The number of nitrogens with zero attached hydrogens (tertiary/aromatic N) is 1. The van der Waals surface area contributed by atoms with Gasteiger partial charge in [0.15, 0.2) is 4.77 Å². The van der Waals surface area contributed by atoms with Crippen LogP contribution in [0.2, 0.25) is 0 Å². The molecule has 0 bridgehead atoms. The number of nitrogens with one attached hydrogen (secondary N) is 2. The van der Waals surface area contributed by atoms with Crippen LogP contribution < -0.4 is 5.48 Å². The van der Waals surface area contributed by atoms with E-state index in [-0.39, 0.29) is 12.0 Å². The van der Waals surface area contributed by atoms with Crippen LogP contribution in [0.5, 0.6) is 0 Å². The SMILES string of the molecule is O=C1CC(c2cnc(=S)[nH]c2)NO1. The molecule has 0 amide bonds. The van der Waals surface area contributed by atoms with E-state index in [1.807, 2.05) is 0 Å². The van der Waals surface area contributed by atoms with Gasteiger partial charge in [0, 0.05) is 18.0 Å². The van der Waals surface area contributed by atoms with Crippen molar-refractivity contribution >= 4 is 18.2 Å². The molecule has 2 N–H and O–H groups in total. The molecular formula is C7H7N3O2S. The van der Waals surface area contributed by atoms with Gasteiger partial charge in [0.05, 0.1) is 12.5 Å². The van der Waals surface area contributed by atoms with E-state index in [9.17, 15) is 4.79 Å². The smallest absolute Gasteiger partial charge is 0.326 e. The highest BCUT2D eigenvalue weighted by Crippen LogP contribution is 2.19. The van der Waals surface area contributed by atoms with Gasteiger partial charge in [0.1, 0.15) is 0 Å². The summed E-state index contributed by atoms with van der Waals surface area (Å²) < 4.78 is 0.425. The topological polar surface area (TPSA) is 67.0 Å². The molecule has 1 fully saturated rings. The zero-order chi connectivity index (χ0) is 9.26. The maximum atomic E-state index is 10.8. The first-order valence-electron chi connectivity index (χ1n) is 3.75. The molecule has 68 valence electrons. The highest BCUT2D eigenvalue weighted by atomic mass is 32.1. The third-order valence-electron chi connectivity index (χ3n) is 1.78. The van der Waals surface area contributed by atoms with E-state index in [4.69, 9.17) is 12.2 Å². The fourth-order valence-electron chi connectivity index (χ4n) is 1.12. The second kappa shape index (κ2) is 3.23. The summed E-state index contributed by atoms with van der Waals surface area (Å²) in [6, 6.07) is -0.119. The van der Waals surface area contributed by atoms with Crippen molar-refractivity contribution in [3.63, 3.8) is 0 Å². The number of rotatable bonds is 1. The molecule has 2 heterocycles. The Labute approximate surface area is 79.1 Å². The first kappa shape index (κ1) is 8.33. The van der Waals surface area contributed by atoms with Gasteiger partial charge in [-0.1, -0.05) is 0 Å². The average Bonchev–Trinajstić information content (AvgIpc) is 2.53. The summed E-state index contributed by atoms with van der Waals surface area (Å²) in [5.74, 6) is -0.257. The highest BCUT2D eigenvalue weighted by molar-refractivity contribution is 7.71. The van der Waals surface area contributed by atoms with Gasteiger partial charge in [-0.05, 0) is 12.2 Å². The van der Waals surface area contributed by atoms with Gasteiger partial charge in [0.2, 0.25) is 0 Å². The van der Waals surface area contributed by atoms with Crippen molar-refractivity contribution < 1.29 is 9.63 Å². The van der Waals surface area contributed by atoms with Crippen molar-refractivity contribution in [2.75, 3.05) is 0 Å². The number of aromatic nitrogens is 2. The second-order valence-electron chi connectivity index (χ2n) is 2.70. The van der Waals surface area contributed by atoms with Crippen LogP contribution in [-0.4, -0.2) is 15.9 Å². The van der Waals surface area contributed by atoms with E-state index in [1.165, 1.54) is 0 Å². The van der Waals surface area contributed by atoms with Gasteiger partial charge in [-0.2, -0.15) is 0 Å². The van der Waals surface area contributed by atoms with Crippen molar-refractivity contribution in [3.05, 3.63) is 22.7 Å². The van der Waals surface area contributed by atoms with E-state index in [0.29, 0.717) is 11.2 Å². The molecule has 1 aromatic heterocycles. The Morgan fingerprint density at radius 1 is 1.69 bits per heavy atom. The Balaban J connectivity index is 2.21. The van der Waals surface area contributed by atoms with Gasteiger partial charge in [-0.15, -0.1) is 5.48 Å². The van der Waals surface area contributed by atoms with E-state index in [2.05, 4.69) is 20.3 Å². The lowest BCUT2D eigenvalue weighted by Crippen LogP contribution is -2.12. The average molecular weight is 197 g/mol. The lowest BCUT2D eigenvalue weighted by molar-refractivity contribution is -0.143. The summed E-state index contributed by atoms with van der Waals surface area (Å²) in [5, 5.41) is 0. The Kier molecular flexibility index (Phi) is 2.07. The molecule has 0 spiro atoms. The van der Waals surface area contributed by atoms with Crippen LogP contribution in [0.25, 0.3) is 0 Å². The van der Waals surface area contributed by atoms with Gasteiger partial charge < -0.3 is 9.82 Å². The fourth-order valence-corrected chi connectivity index (χ4v) is 1.23. The van der Waals surface area contributed by atoms with Gasteiger partial charge in [0.25, 0.3) is 0 Å². The van der Waals surface area contributed by atoms with Gasteiger partial charge in [-0.3, -0.25) is 4.79 Å². The predicted octanol–water partition coefficient (Wildman–Crippen LogP) is 0.632. The molecule has 1 unspecified atom stereocenters. The van der Waals surface area contributed by atoms with Crippen LogP contribution in [0.3, 0.4) is 0 Å². The summed E-state index contributed by atoms with van der Waals surface area (Å²) in [6.45, 7) is 0. The minimum Gasteiger partial charge on any atom is -0.370 e. The molecule has 1 atom stereocenters. The van der Waals surface area contributed by atoms with Gasteiger partial charge in [-0.25, -0.2) is 4.98 Å². The Bertz CT molecular complexity index is 369. The van der Waals surface area contributed by atoms with Crippen molar-refractivity contribution in [2.24, 2.45) is 0 Å².